The lowest BCUT2D eigenvalue weighted by molar-refractivity contribution is -0.123. The fraction of sp³-hybridized carbons (Fsp3) is 0.455. The molecule has 1 aromatic heterocycles. The van der Waals surface area contributed by atoms with Crippen LogP contribution >= 0.6 is 15.9 Å². The maximum absolute atomic E-state index is 12.0. The van der Waals surface area contributed by atoms with Crippen LogP contribution in [-0.2, 0) is 4.79 Å². The monoisotopic (exact) mass is 300 g/mol. The van der Waals surface area contributed by atoms with Gasteiger partial charge in [-0.05, 0) is 40.9 Å². The van der Waals surface area contributed by atoms with Gasteiger partial charge in [0, 0.05) is 13.1 Å². The van der Waals surface area contributed by atoms with E-state index in [0.717, 1.165) is 12.8 Å². The van der Waals surface area contributed by atoms with Gasteiger partial charge in [-0.1, -0.05) is 0 Å². The molecule has 1 aliphatic heterocycles. The molecule has 1 aliphatic rings. The number of likely N-dealkylation sites (tertiary alicyclic amines) is 1. The number of hydrogen-bond donors (Lipinski definition) is 1. The van der Waals surface area contributed by atoms with Crippen LogP contribution in [0.5, 0.6) is 0 Å². The van der Waals surface area contributed by atoms with Gasteiger partial charge in [0.15, 0.2) is 10.4 Å². The topological polar surface area (TPSA) is 76.5 Å². The first-order chi connectivity index (χ1) is 8.08. The minimum atomic E-state index is -0.344. The Morgan fingerprint density at radius 1 is 1.47 bits per heavy atom. The molecule has 0 aliphatic carbocycles. The van der Waals surface area contributed by atoms with Gasteiger partial charge in [0.2, 0.25) is 5.91 Å². The van der Waals surface area contributed by atoms with Crippen molar-refractivity contribution in [2.75, 3.05) is 13.1 Å². The maximum atomic E-state index is 12.0. The van der Waals surface area contributed by atoms with Crippen LogP contribution in [0.2, 0.25) is 0 Å². The number of piperidine rings is 1. The molecule has 1 atom stereocenters. The van der Waals surface area contributed by atoms with E-state index in [1.807, 2.05) is 0 Å². The van der Waals surface area contributed by atoms with Crippen molar-refractivity contribution in [3.8, 4) is 0 Å². The second kappa shape index (κ2) is 4.91. The molecule has 6 heteroatoms. The molecular weight excluding hydrogens is 288 g/mol. The minimum Gasteiger partial charge on any atom is -0.444 e. The van der Waals surface area contributed by atoms with Gasteiger partial charge in [0.25, 0.3) is 5.91 Å². The lowest BCUT2D eigenvalue weighted by atomic mass is 9.97. The van der Waals surface area contributed by atoms with Crippen molar-refractivity contribution in [2.45, 2.75) is 12.8 Å². The summed E-state index contributed by atoms with van der Waals surface area (Å²) in [4.78, 5) is 24.8. The maximum Gasteiger partial charge on any atom is 0.289 e. The van der Waals surface area contributed by atoms with Crippen LogP contribution in [0.25, 0.3) is 0 Å². The number of furan rings is 1. The first kappa shape index (κ1) is 12.2. The summed E-state index contributed by atoms with van der Waals surface area (Å²) in [5, 5.41) is 0. The summed E-state index contributed by atoms with van der Waals surface area (Å²) in [6.45, 7) is 1.02. The van der Waals surface area contributed by atoms with E-state index in [-0.39, 0.29) is 23.5 Å². The van der Waals surface area contributed by atoms with E-state index in [2.05, 4.69) is 15.9 Å². The summed E-state index contributed by atoms with van der Waals surface area (Å²) in [5.41, 5.74) is 5.26. The Hall–Kier alpha value is -1.30. The number of carbonyl (C=O) groups is 2. The number of halogens is 1. The normalized spacial score (nSPS) is 20.3. The average Bonchev–Trinajstić information content (AvgIpc) is 2.75. The SMILES string of the molecule is NC(=O)C1CCCN(C(=O)c2ccc(Br)o2)C1. The summed E-state index contributed by atoms with van der Waals surface area (Å²) < 4.78 is 5.72. The summed E-state index contributed by atoms with van der Waals surface area (Å²) >= 11 is 3.15. The number of carbonyl (C=O) groups excluding carboxylic acids is 2. The highest BCUT2D eigenvalue weighted by Crippen LogP contribution is 2.20. The molecule has 17 heavy (non-hydrogen) atoms. The van der Waals surface area contributed by atoms with Crippen molar-refractivity contribution in [1.82, 2.24) is 4.90 Å². The van der Waals surface area contributed by atoms with Crippen LogP contribution in [0.15, 0.2) is 21.2 Å². The first-order valence-electron chi connectivity index (χ1n) is 5.42. The minimum absolute atomic E-state index is 0.193. The third-order valence-electron chi connectivity index (χ3n) is 2.89. The predicted octanol–water partition coefficient (Wildman–Crippen LogP) is 1.38. The van der Waals surface area contributed by atoms with Crippen LogP contribution in [0.3, 0.4) is 0 Å². The number of amides is 2. The third-order valence-corrected chi connectivity index (χ3v) is 3.32. The molecule has 2 N–H and O–H groups in total. The number of nitrogens with two attached hydrogens (primary N) is 1. The Morgan fingerprint density at radius 3 is 2.82 bits per heavy atom. The van der Waals surface area contributed by atoms with Gasteiger partial charge in [0.05, 0.1) is 5.92 Å². The van der Waals surface area contributed by atoms with Crippen LogP contribution < -0.4 is 5.73 Å². The van der Waals surface area contributed by atoms with Gasteiger partial charge in [0.1, 0.15) is 0 Å². The molecule has 1 unspecified atom stereocenters. The smallest absolute Gasteiger partial charge is 0.289 e. The summed E-state index contributed by atoms with van der Waals surface area (Å²) in [6.07, 6.45) is 1.54. The highest BCUT2D eigenvalue weighted by Gasteiger charge is 2.28. The molecule has 1 fully saturated rings. The van der Waals surface area contributed by atoms with E-state index in [1.165, 1.54) is 0 Å². The van der Waals surface area contributed by atoms with E-state index in [0.29, 0.717) is 17.8 Å². The standard InChI is InChI=1S/C11H13BrN2O3/c12-9-4-3-8(17-9)11(16)14-5-1-2-7(6-14)10(13)15/h3-4,7H,1-2,5-6H2,(H2,13,15). The van der Waals surface area contributed by atoms with Crippen molar-refractivity contribution in [2.24, 2.45) is 11.7 Å². The van der Waals surface area contributed by atoms with E-state index >= 15 is 0 Å². The van der Waals surface area contributed by atoms with Crippen molar-refractivity contribution in [3.63, 3.8) is 0 Å². The number of nitrogens with zero attached hydrogens (tertiary/aromatic N) is 1. The van der Waals surface area contributed by atoms with Crippen LogP contribution in [0.4, 0.5) is 0 Å². The van der Waals surface area contributed by atoms with E-state index in [1.54, 1.807) is 17.0 Å². The fourth-order valence-corrected chi connectivity index (χ4v) is 2.29. The number of rotatable bonds is 2. The first-order valence-corrected chi connectivity index (χ1v) is 6.21. The van der Waals surface area contributed by atoms with Crippen molar-refractivity contribution in [1.29, 1.82) is 0 Å². The third kappa shape index (κ3) is 2.69. The number of primary amides is 1. The van der Waals surface area contributed by atoms with E-state index in [4.69, 9.17) is 10.2 Å². The van der Waals surface area contributed by atoms with Crippen LogP contribution in [-0.4, -0.2) is 29.8 Å². The molecule has 5 nitrogen and oxygen atoms in total. The van der Waals surface area contributed by atoms with E-state index in [9.17, 15) is 9.59 Å². The molecule has 1 aromatic rings. The van der Waals surface area contributed by atoms with E-state index < -0.39 is 0 Å². The van der Waals surface area contributed by atoms with Crippen molar-refractivity contribution >= 4 is 27.7 Å². The molecule has 92 valence electrons. The van der Waals surface area contributed by atoms with Gasteiger partial charge in [-0.2, -0.15) is 0 Å². The molecule has 1 saturated heterocycles. The zero-order valence-corrected chi connectivity index (χ0v) is 10.8. The molecule has 2 amide bonds. The molecular formula is C11H13BrN2O3. The molecule has 0 radical (unpaired) electrons. The van der Waals surface area contributed by atoms with Gasteiger partial charge >= 0.3 is 0 Å². The Morgan fingerprint density at radius 2 is 2.24 bits per heavy atom. The second-order valence-corrected chi connectivity index (χ2v) is 4.88. The molecule has 2 heterocycles. The lowest BCUT2D eigenvalue weighted by Gasteiger charge is -2.30. The summed E-state index contributed by atoms with van der Waals surface area (Å²) in [5.74, 6) is -0.502. The summed E-state index contributed by atoms with van der Waals surface area (Å²) in [7, 11) is 0. The van der Waals surface area contributed by atoms with Crippen molar-refractivity contribution in [3.05, 3.63) is 22.6 Å². The van der Waals surface area contributed by atoms with Crippen LogP contribution in [0.1, 0.15) is 23.4 Å². The van der Waals surface area contributed by atoms with Gasteiger partial charge in [-0.3, -0.25) is 9.59 Å². The quantitative estimate of drug-likeness (QED) is 0.896. The molecule has 0 saturated carbocycles. The Balaban J connectivity index is 2.07. The van der Waals surface area contributed by atoms with Gasteiger partial charge in [-0.25, -0.2) is 0 Å². The Kier molecular flexibility index (Phi) is 3.51. The predicted molar refractivity (Wildman–Crippen MR) is 64.2 cm³/mol. The fourth-order valence-electron chi connectivity index (χ4n) is 1.98. The average molecular weight is 301 g/mol. The molecule has 2 rings (SSSR count). The number of hydrogen-bond acceptors (Lipinski definition) is 3. The lowest BCUT2D eigenvalue weighted by Crippen LogP contribution is -2.44. The molecule has 0 spiro atoms. The zero-order chi connectivity index (χ0) is 12.4. The van der Waals surface area contributed by atoms with Gasteiger partial charge < -0.3 is 15.1 Å². The van der Waals surface area contributed by atoms with Gasteiger partial charge in [-0.15, -0.1) is 0 Å². The second-order valence-electron chi connectivity index (χ2n) is 4.10. The summed E-state index contributed by atoms with van der Waals surface area (Å²) in [6, 6.07) is 3.28. The van der Waals surface area contributed by atoms with Crippen molar-refractivity contribution < 1.29 is 14.0 Å². The largest absolute Gasteiger partial charge is 0.444 e. The zero-order valence-electron chi connectivity index (χ0n) is 9.19. The molecule has 0 aromatic carbocycles. The Labute approximate surface area is 107 Å². The highest BCUT2D eigenvalue weighted by molar-refractivity contribution is 9.10. The van der Waals surface area contributed by atoms with Crippen LogP contribution in [0, 0.1) is 5.92 Å². The highest BCUT2D eigenvalue weighted by atomic mass is 79.9. The Bertz CT molecular complexity index is 444. The molecule has 0 bridgehead atoms.